The van der Waals surface area contributed by atoms with Gasteiger partial charge in [0.2, 0.25) is 0 Å². The minimum absolute atomic E-state index is 0.0507. The lowest BCUT2D eigenvalue weighted by Gasteiger charge is -2.07. The maximum atomic E-state index is 13.7. The molecule has 0 atom stereocenters. The number of hydrogen-bond acceptors (Lipinski definition) is 3. The van der Waals surface area contributed by atoms with Gasteiger partial charge in [-0.3, -0.25) is 4.79 Å². The number of aryl methyl sites for hydroxylation is 1. The molecule has 0 fully saturated rings. The van der Waals surface area contributed by atoms with Crippen molar-refractivity contribution in [3.8, 4) is 0 Å². The lowest BCUT2D eigenvalue weighted by Crippen LogP contribution is -2.17. The average Bonchev–Trinajstić information content (AvgIpc) is 2.37. The van der Waals surface area contributed by atoms with Gasteiger partial charge in [-0.05, 0) is 30.7 Å². The van der Waals surface area contributed by atoms with Crippen molar-refractivity contribution >= 4 is 23.3 Å². The SMILES string of the molecule is Cc1ccc(F)c(C(=O)Nc2ccc(Cl)nn2)c1F. The zero-order chi connectivity index (χ0) is 14.0. The van der Waals surface area contributed by atoms with Gasteiger partial charge in [-0.25, -0.2) is 8.78 Å². The van der Waals surface area contributed by atoms with Crippen LogP contribution in [0.15, 0.2) is 24.3 Å². The highest BCUT2D eigenvalue weighted by Crippen LogP contribution is 2.17. The lowest BCUT2D eigenvalue weighted by molar-refractivity contribution is 0.101. The molecule has 0 aliphatic rings. The molecule has 1 N–H and O–H groups in total. The van der Waals surface area contributed by atoms with Crippen LogP contribution in [0.4, 0.5) is 14.6 Å². The van der Waals surface area contributed by atoms with Crippen molar-refractivity contribution in [2.45, 2.75) is 6.92 Å². The molecule has 1 aromatic heterocycles. The van der Waals surface area contributed by atoms with Gasteiger partial charge in [-0.1, -0.05) is 17.7 Å². The molecule has 4 nitrogen and oxygen atoms in total. The summed E-state index contributed by atoms with van der Waals surface area (Å²) in [5, 5.41) is 9.46. The molecule has 0 saturated carbocycles. The summed E-state index contributed by atoms with van der Waals surface area (Å²) in [6.45, 7) is 1.44. The van der Waals surface area contributed by atoms with Crippen LogP contribution in [0.2, 0.25) is 5.15 Å². The summed E-state index contributed by atoms with van der Waals surface area (Å²) in [7, 11) is 0. The third-order valence-electron chi connectivity index (χ3n) is 2.38. The van der Waals surface area contributed by atoms with Crippen molar-refractivity contribution in [1.82, 2.24) is 10.2 Å². The number of rotatable bonds is 2. The first kappa shape index (κ1) is 13.4. The van der Waals surface area contributed by atoms with Crippen molar-refractivity contribution < 1.29 is 13.6 Å². The lowest BCUT2D eigenvalue weighted by atomic mass is 10.1. The van der Waals surface area contributed by atoms with E-state index in [1.807, 2.05) is 0 Å². The van der Waals surface area contributed by atoms with Crippen LogP contribution in [0.1, 0.15) is 15.9 Å². The van der Waals surface area contributed by atoms with Crippen LogP contribution < -0.4 is 5.32 Å². The molecule has 0 bridgehead atoms. The summed E-state index contributed by atoms with van der Waals surface area (Å²) in [6.07, 6.45) is 0. The molecule has 98 valence electrons. The largest absolute Gasteiger partial charge is 0.305 e. The van der Waals surface area contributed by atoms with Crippen LogP contribution in [-0.2, 0) is 0 Å². The van der Waals surface area contributed by atoms with Crippen molar-refractivity contribution in [1.29, 1.82) is 0 Å². The average molecular weight is 284 g/mol. The molecular weight excluding hydrogens is 276 g/mol. The Morgan fingerprint density at radius 2 is 1.95 bits per heavy atom. The summed E-state index contributed by atoms with van der Waals surface area (Å²) >= 11 is 5.53. The van der Waals surface area contributed by atoms with E-state index in [9.17, 15) is 13.6 Å². The van der Waals surface area contributed by atoms with Gasteiger partial charge in [-0.15, -0.1) is 10.2 Å². The Morgan fingerprint density at radius 3 is 2.58 bits per heavy atom. The smallest absolute Gasteiger partial charge is 0.262 e. The van der Waals surface area contributed by atoms with Crippen molar-refractivity contribution in [3.05, 3.63) is 52.2 Å². The summed E-state index contributed by atoms with van der Waals surface area (Å²) < 4.78 is 27.2. The second-order valence-corrected chi connectivity index (χ2v) is 4.14. The van der Waals surface area contributed by atoms with Crippen LogP contribution >= 0.6 is 11.6 Å². The standard InChI is InChI=1S/C12H8ClF2N3O/c1-6-2-3-7(14)10(11(6)15)12(19)16-9-5-4-8(13)17-18-9/h2-5H,1H3,(H,16,18,19). The van der Waals surface area contributed by atoms with E-state index in [2.05, 4.69) is 15.5 Å². The first-order valence-electron chi connectivity index (χ1n) is 5.24. The van der Waals surface area contributed by atoms with Gasteiger partial charge in [0.05, 0.1) is 0 Å². The Kier molecular flexibility index (Phi) is 3.71. The van der Waals surface area contributed by atoms with Gasteiger partial charge in [0.25, 0.3) is 5.91 Å². The number of benzene rings is 1. The fourth-order valence-electron chi connectivity index (χ4n) is 1.43. The number of halogens is 3. The highest BCUT2D eigenvalue weighted by atomic mass is 35.5. The number of carbonyl (C=O) groups excluding carboxylic acids is 1. The second kappa shape index (κ2) is 5.27. The fraction of sp³-hybridized carbons (Fsp3) is 0.0833. The van der Waals surface area contributed by atoms with E-state index in [4.69, 9.17) is 11.6 Å². The molecule has 2 aromatic rings. The van der Waals surface area contributed by atoms with E-state index in [-0.39, 0.29) is 16.5 Å². The number of amides is 1. The predicted molar refractivity (Wildman–Crippen MR) is 66.1 cm³/mol. The molecule has 0 saturated heterocycles. The maximum Gasteiger partial charge on any atom is 0.262 e. The number of hydrogen-bond donors (Lipinski definition) is 1. The summed E-state index contributed by atoms with van der Waals surface area (Å²) in [6, 6.07) is 5.05. The highest BCUT2D eigenvalue weighted by Gasteiger charge is 2.19. The second-order valence-electron chi connectivity index (χ2n) is 3.75. The van der Waals surface area contributed by atoms with Crippen LogP contribution in [-0.4, -0.2) is 16.1 Å². The minimum atomic E-state index is -0.942. The normalized spacial score (nSPS) is 10.3. The molecule has 0 unspecified atom stereocenters. The molecule has 0 aliphatic heterocycles. The van der Waals surface area contributed by atoms with Gasteiger partial charge in [0, 0.05) is 0 Å². The summed E-state index contributed by atoms with van der Waals surface area (Å²) in [5.74, 6) is -2.73. The molecule has 1 heterocycles. The van der Waals surface area contributed by atoms with Crippen molar-refractivity contribution in [2.24, 2.45) is 0 Å². The van der Waals surface area contributed by atoms with Crippen LogP contribution in [0.25, 0.3) is 0 Å². The molecule has 0 aliphatic carbocycles. The van der Waals surface area contributed by atoms with E-state index < -0.39 is 23.1 Å². The quantitative estimate of drug-likeness (QED) is 0.922. The molecule has 1 aromatic carbocycles. The van der Waals surface area contributed by atoms with Crippen LogP contribution in [0.5, 0.6) is 0 Å². The molecule has 19 heavy (non-hydrogen) atoms. The van der Waals surface area contributed by atoms with Gasteiger partial charge in [0.1, 0.15) is 17.2 Å². The van der Waals surface area contributed by atoms with Gasteiger partial charge in [0.15, 0.2) is 11.0 Å². The Labute approximate surface area is 112 Å². The number of carbonyl (C=O) groups is 1. The maximum absolute atomic E-state index is 13.7. The third kappa shape index (κ3) is 2.85. The summed E-state index contributed by atoms with van der Waals surface area (Å²) in [5.41, 5.74) is -0.481. The van der Waals surface area contributed by atoms with E-state index in [0.717, 1.165) is 6.07 Å². The van der Waals surface area contributed by atoms with Crippen LogP contribution in [0, 0.1) is 18.6 Å². The Hall–Kier alpha value is -2.08. The Bertz CT molecular complexity index is 632. The Morgan fingerprint density at radius 1 is 1.21 bits per heavy atom. The van der Waals surface area contributed by atoms with Crippen molar-refractivity contribution in [2.75, 3.05) is 5.32 Å². The zero-order valence-electron chi connectivity index (χ0n) is 9.75. The molecule has 2 rings (SSSR count). The first-order valence-corrected chi connectivity index (χ1v) is 5.62. The number of nitrogens with one attached hydrogen (secondary N) is 1. The number of anilines is 1. The molecule has 0 spiro atoms. The Balaban J connectivity index is 2.30. The van der Waals surface area contributed by atoms with Gasteiger partial charge < -0.3 is 5.32 Å². The van der Waals surface area contributed by atoms with E-state index >= 15 is 0 Å². The topological polar surface area (TPSA) is 54.9 Å². The number of aromatic nitrogens is 2. The first-order chi connectivity index (χ1) is 8.99. The van der Waals surface area contributed by atoms with E-state index in [1.165, 1.54) is 25.1 Å². The van der Waals surface area contributed by atoms with E-state index in [1.54, 1.807) is 0 Å². The zero-order valence-corrected chi connectivity index (χ0v) is 10.5. The van der Waals surface area contributed by atoms with E-state index in [0.29, 0.717) is 0 Å². The monoisotopic (exact) mass is 283 g/mol. The molecule has 1 amide bonds. The van der Waals surface area contributed by atoms with Gasteiger partial charge >= 0.3 is 0 Å². The van der Waals surface area contributed by atoms with Crippen molar-refractivity contribution in [3.63, 3.8) is 0 Å². The molecule has 0 radical (unpaired) electrons. The minimum Gasteiger partial charge on any atom is -0.305 e. The third-order valence-corrected chi connectivity index (χ3v) is 2.59. The number of nitrogens with zero attached hydrogens (tertiary/aromatic N) is 2. The fourth-order valence-corrected chi connectivity index (χ4v) is 1.53. The predicted octanol–water partition coefficient (Wildman–Crippen LogP) is 2.97. The molecule has 7 heteroatoms. The molecular formula is C12H8ClF2N3O. The highest BCUT2D eigenvalue weighted by molar-refractivity contribution is 6.29. The van der Waals surface area contributed by atoms with Crippen LogP contribution in [0.3, 0.4) is 0 Å². The summed E-state index contributed by atoms with van der Waals surface area (Å²) in [4.78, 5) is 11.8. The van der Waals surface area contributed by atoms with Gasteiger partial charge in [-0.2, -0.15) is 0 Å².